The number of benzene rings is 1. The second kappa shape index (κ2) is 5.17. The van der Waals surface area contributed by atoms with Crippen molar-refractivity contribution >= 4 is 11.9 Å². The van der Waals surface area contributed by atoms with E-state index < -0.39 is 5.97 Å². The first-order valence-electron chi connectivity index (χ1n) is 7.62. The number of carboxylic acids is 1. The first kappa shape index (κ1) is 14.1. The fourth-order valence-corrected chi connectivity index (χ4v) is 3.14. The minimum atomic E-state index is -0.897. The highest BCUT2D eigenvalue weighted by atomic mass is 16.4. The summed E-state index contributed by atoms with van der Waals surface area (Å²) in [7, 11) is 0. The van der Waals surface area contributed by atoms with Gasteiger partial charge in [-0.2, -0.15) is 0 Å². The average Bonchev–Trinajstić information content (AvgIpc) is 3.26. The number of carbonyl (C=O) groups is 2. The van der Waals surface area contributed by atoms with Crippen LogP contribution in [-0.2, 0) is 4.79 Å². The largest absolute Gasteiger partial charge is 0.478 e. The summed E-state index contributed by atoms with van der Waals surface area (Å²) < 4.78 is 0. The van der Waals surface area contributed by atoms with Crippen molar-refractivity contribution < 1.29 is 14.7 Å². The molecule has 0 spiro atoms. The Morgan fingerprint density at radius 3 is 2.76 bits per heavy atom. The number of hydrogen-bond acceptors (Lipinski definition) is 2. The van der Waals surface area contributed by atoms with Gasteiger partial charge in [-0.15, -0.1) is 0 Å². The molecule has 1 saturated carbocycles. The van der Waals surface area contributed by atoms with Crippen LogP contribution in [0.25, 0.3) is 0 Å². The van der Waals surface area contributed by atoms with Gasteiger partial charge < -0.3 is 10.0 Å². The molecule has 2 aliphatic rings. The highest BCUT2D eigenvalue weighted by Crippen LogP contribution is 2.47. The lowest BCUT2D eigenvalue weighted by molar-refractivity contribution is -0.137. The van der Waals surface area contributed by atoms with Gasteiger partial charge in [0.2, 0.25) is 5.91 Å². The summed E-state index contributed by atoms with van der Waals surface area (Å²) in [5.41, 5.74) is 1.24. The molecule has 112 valence electrons. The molecule has 1 aliphatic carbocycles. The Kier molecular flexibility index (Phi) is 3.47. The number of amides is 1. The van der Waals surface area contributed by atoms with E-state index in [0.717, 1.165) is 44.3 Å². The van der Waals surface area contributed by atoms with Gasteiger partial charge in [-0.3, -0.25) is 4.79 Å². The third-order valence-electron chi connectivity index (χ3n) is 4.83. The topological polar surface area (TPSA) is 57.6 Å². The zero-order valence-electron chi connectivity index (χ0n) is 12.3. The third-order valence-corrected chi connectivity index (χ3v) is 4.83. The fourth-order valence-electron chi connectivity index (χ4n) is 3.14. The number of rotatable bonds is 3. The van der Waals surface area contributed by atoms with Crippen LogP contribution < -0.4 is 0 Å². The maximum Gasteiger partial charge on any atom is 0.335 e. The van der Waals surface area contributed by atoms with Crippen LogP contribution in [-0.4, -0.2) is 35.0 Å². The number of piperidine rings is 1. The van der Waals surface area contributed by atoms with E-state index in [2.05, 4.69) is 0 Å². The van der Waals surface area contributed by atoms with Crippen molar-refractivity contribution in [2.24, 2.45) is 5.41 Å². The van der Waals surface area contributed by atoms with Gasteiger partial charge in [0.25, 0.3) is 0 Å². The predicted octanol–water partition coefficient (Wildman–Crippen LogP) is 2.89. The van der Waals surface area contributed by atoms with Crippen molar-refractivity contribution in [3.05, 3.63) is 35.4 Å². The molecule has 1 aliphatic heterocycles. The highest BCUT2D eigenvalue weighted by Gasteiger charge is 2.47. The zero-order valence-corrected chi connectivity index (χ0v) is 12.3. The molecule has 0 aromatic heterocycles. The summed E-state index contributed by atoms with van der Waals surface area (Å²) in [5.74, 6) is -0.364. The smallest absolute Gasteiger partial charge is 0.335 e. The number of carboxylic acid groups (broad SMARTS) is 1. The monoisotopic (exact) mass is 287 g/mol. The SMILES string of the molecule is CC1(C(=O)N2CCCC(c3cccc(C(=O)O)c3)C2)CC1. The molecule has 1 aromatic carbocycles. The van der Waals surface area contributed by atoms with Crippen LogP contribution in [0.2, 0.25) is 0 Å². The Bertz CT molecular complexity index is 577. The Labute approximate surface area is 124 Å². The Balaban J connectivity index is 1.75. The molecule has 1 N–H and O–H groups in total. The van der Waals surface area contributed by atoms with Gasteiger partial charge in [-0.05, 0) is 43.4 Å². The summed E-state index contributed by atoms with van der Waals surface area (Å²) in [6.45, 7) is 3.60. The quantitative estimate of drug-likeness (QED) is 0.930. The molecule has 4 nitrogen and oxygen atoms in total. The molecule has 1 atom stereocenters. The second-order valence-electron chi connectivity index (χ2n) is 6.58. The Morgan fingerprint density at radius 1 is 1.33 bits per heavy atom. The van der Waals surface area contributed by atoms with Crippen molar-refractivity contribution in [3.63, 3.8) is 0 Å². The van der Waals surface area contributed by atoms with Gasteiger partial charge in [0.1, 0.15) is 0 Å². The molecule has 1 amide bonds. The van der Waals surface area contributed by atoms with E-state index in [1.807, 2.05) is 17.9 Å². The number of carbonyl (C=O) groups excluding carboxylic acids is 1. The maximum atomic E-state index is 12.5. The van der Waals surface area contributed by atoms with Gasteiger partial charge in [-0.1, -0.05) is 19.1 Å². The van der Waals surface area contributed by atoms with Gasteiger partial charge in [0, 0.05) is 24.4 Å². The standard InChI is InChI=1S/C17H21NO3/c1-17(7-8-17)16(21)18-9-3-6-14(11-18)12-4-2-5-13(10-12)15(19)20/h2,4-5,10,14H,3,6-9,11H2,1H3,(H,19,20). The van der Waals surface area contributed by atoms with Crippen LogP contribution in [0.3, 0.4) is 0 Å². The Morgan fingerprint density at radius 2 is 2.10 bits per heavy atom. The second-order valence-corrected chi connectivity index (χ2v) is 6.58. The van der Waals surface area contributed by atoms with Gasteiger partial charge in [0.15, 0.2) is 0 Å². The molecule has 0 bridgehead atoms. The fraction of sp³-hybridized carbons (Fsp3) is 0.529. The summed E-state index contributed by atoms with van der Waals surface area (Å²) in [5, 5.41) is 9.10. The Hall–Kier alpha value is -1.84. The predicted molar refractivity (Wildman–Crippen MR) is 79.3 cm³/mol. The molecule has 1 aromatic rings. The highest BCUT2D eigenvalue weighted by molar-refractivity contribution is 5.88. The average molecular weight is 287 g/mol. The minimum Gasteiger partial charge on any atom is -0.478 e. The lowest BCUT2D eigenvalue weighted by Crippen LogP contribution is -2.42. The van der Waals surface area contributed by atoms with Crippen molar-refractivity contribution in [2.75, 3.05) is 13.1 Å². The molecule has 21 heavy (non-hydrogen) atoms. The van der Waals surface area contributed by atoms with E-state index >= 15 is 0 Å². The van der Waals surface area contributed by atoms with E-state index in [4.69, 9.17) is 5.11 Å². The molecule has 0 radical (unpaired) electrons. The van der Waals surface area contributed by atoms with E-state index in [-0.39, 0.29) is 17.2 Å². The zero-order chi connectivity index (χ0) is 15.0. The van der Waals surface area contributed by atoms with Crippen LogP contribution in [0.15, 0.2) is 24.3 Å². The molecular formula is C17H21NO3. The van der Waals surface area contributed by atoms with E-state index in [0.29, 0.717) is 5.56 Å². The van der Waals surface area contributed by atoms with Gasteiger partial charge in [0.05, 0.1) is 5.56 Å². The lowest BCUT2D eigenvalue weighted by atomic mass is 9.89. The summed E-state index contributed by atoms with van der Waals surface area (Å²) >= 11 is 0. The first-order chi connectivity index (χ1) is 9.99. The molecule has 1 saturated heterocycles. The van der Waals surface area contributed by atoms with E-state index in [1.54, 1.807) is 18.2 Å². The number of likely N-dealkylation sites (tertiary alicyclic amines) is 1. The molecule has 4 heteroatoms. The molecule has 2 fully saturated rings. The molecular weight excluding hydrogens is 266 g/mol. The van der Waals surface area contributed by atoms with Gasteiger partial charge in [-0.25, -0.2) is 4.79 Å². The normalized spacial score (nSPS) is 23.7. The lowest BCUT2D eigenvalue weighted by Gasteiger charge is -2.34. The molecule has 1 unspecified atom stereocenters. The van der Waals surface area contributed by atoms with Crippen molar-refractivity contribution in [1.82, 2.24) is 4.90 Å². The summed E-state index contributed by atoms with van der Waals surface area (Å²) in [6.07, 6.45) is 4.01. The number of aromatic carboxylic acids is 1. The molecule has 3 rings (SSSR count). The van der Waals surface area contributed by atoms with E-state index in [9.17, 15) is 9.59 Å². The number of hydrogen-bond donors (Lipinski definition) is 1. The van der Waals surface area contributed by atoms with Crippen LogP contribution in [0.5, 0.6) is 0 Å². The third kappa shape index (κ3) is 2.80. The van der Waals surface area contributed by atoms with Crippen LogP contribution in [0, 0.1) is 5.41 Å². The summed E-state index contributed by atoms with van der Waals surface area (Å²) in [4.78, 5) is 25.5. The van der Waals surface area contributed by atoms with Crippen molar-refractivity contribution in [3.8, 4) is 0 Å². The summed E-state index contributed by atoms with van der Waals surface area (Å²) in [6, 6.07) is 7.13. The van der Waals surface area contributed by atoms with Crippen LogP contribution >= 0.6 is 0 Å². The number of nitrogens with zero attached hydrogens (tertiary/aromatic N) is 1. The van der Waals surface area contributed by atoms with Crippen molar-refractivity contribution in [2.45, 2.75) is 38.5 Å². The van der Waals surface area contributed by atoms with Crippen LogP contribution in [0.1, 0.15) is 54.4 Å². The van der Waals surface area contributed by atoms with E-state index in [1.165, 1.54) is 0 Å². The minimum absolute atomic E-state index is 0.120. The van der Waals surface area contributed by atoms with Gasteiger partial charge >= 0.3 is 5.97 Å². The van der Waals surface area contributed by atoms with Crippen LogP contribution in [0.4, 0.5) is 0 Å². The maximum absolute atomic E-state index is 12.5. The first-order valence-corrected chi connectivity index (χ1v) is 7.62. The van der Waals surface area contributed by atoms with Crippen molar-refractivity contribution in [1.29, 1.82) is 0 Å². The molecule has 1 heterocycles.